The van der Waals surface area contributed by atoms with Crippen molar-refractivity contribution in [2.45, 2.75) is 39.5 Å². The molecule has 6 nitrogen and oxygen atoms in total. The van der Waals surface area contributed by atoms with Gasteiger partial charge in [0.2, 0.25) is 5.91 Å². The van der Waals surface area contributed by atoms with Gasteiger partial charge in [-0.05, 0) is 58.5 Å². The Balaban J connectivity index is 1.77. The number of carbonyl (C=O) groups excluding carboxylic acids is 2. The molecule has 1 aliphatic heterocycles. The van der Waals surface area contributed by atoms with Crippen molar-refractivity contribution in [2.24, 2.45) is 16.3 Å². The molecule has 7 heteroatoms. The number of pyridine rings is 2. The Hall–Kier alpha value is -2.67. The Labute approximate surface area is 184 Å². The molecule has 2 aromatic heterocycles. The normalized spacial score (nSPS) is 22.9. The second-order valence-corrected chi connectivity index (χ2v) is 9.56. The van der Waals surface area contributed by atoms with Crippen LogP contribution in [0.25, 0.3) is 0 Å². The molecule has 1 N–H and O–H groups in total. The SMILES string of the molecule is CC1=NC2=C(C(=O)CC(C)(C)C2)[C@H](c2cccnc2)C1C(=O)Nc1ccc(Br)cn1. The average Bonchev–Trinajstić information content (AvgIpc) is 2.68. The Morgan fingerprint density at radius 2 is 2.00 bits per heavy atom. The average molecular weight is 467 g/mol. The fourth-order valence-corrected chi connectivity index (χ4v) is 4.59. The molecule has 2 aromatic rings. The summed E-state index contributed by atoms with van der Waals surface area (Å²) in [6.45, 7) is 6.02. The zero-order valence-corrected chi connectivity index (χ0v) is 18.7. The number of anilines is 1. The largest absolute Gasteiger partial charge is 0.310 e. The van der Waals surface area contributed by atoms with Crippen LogP contribution in [-0.4, -0.2) is 27.4 Å². The van der Waals surface area contributed by atoms with E-state index in [0.717, 1.165) is 15.7 Å². The highest BCUT2D eigenvalue weighted by Crippen LogP contribution is 2.47. The van der Waals surface area contributed by atoms with E-state index in [0.29, 0.717) is 29.9 Å². The molecule has 2 aliphatic rings. The summed E-state index contributed by atoms with van der Waals surface area (Å²) < 4.78 is 0.828. The molecule has 0 saturated heterocycles. The third-order valence-electron chi connectivity index (χ3n) is 5.61. The topological polar surface area (TPSA) is 84.3 Å². The first kappa shape index (κ1) is 20.6. The Morgan fingerprint density at radius 3 is 2.67 bits per heavy atom. The van der Waals surface area contributed by atoms with Crippen LogP contribution in [0.1, 0.15) is 45.1 Å². The van der Waals surface area contributed by atoms with Crippen molar-refractivity contribution < 1.29 is 9.59 Å². The van der Waals surface area contributed by atoms with Gasteiger partial charge in [0.15, 0.2) is 5.78 Å². The summed E-state index contributed by atoms with van der Waals surface area (Å²) in [6.07, 6.45) is 6.21. The Kier molecular flexibility index (Phi) is 5.40. The first-order valence-corrected chi connectivity index (χ1v) is 10.7. The summed E-state index contributed by atoms with van der Waals surface area (Å²) >= 11 is 3.35. The van der Waals surface area contributed by atoms with E-state index in [-0.39, 0.29) is 17.1 Å². The van der Waals surface area contributed by atoms with E-state index in [1.54, 1.807) is 24.7 Å². The summed E-state index contributed by atoms with van der Waals surface area (Å²) in [7, 11) is 0. The van der Waals surface area contributed by atoms with Crippen LogP contribution in [0.15, 0.2) is 63.6 Å². The highest BCUT2D eigenvalue weighted by Gasteiger charge is 2.45. The number of halogens is 1. The second-order valence-electron chi connectivity index (χ2n) is 8.65. The number of aromatic nitrogens is 2. The molecule has 1 amide bonds. The third-order valence-corrected chi connectivity index (χ3v) is 6.08. The van der Waals surface area contributed by atoms with Gasteiger partial charge in [-0.25, -0.2) is 4.98 Å². The summed E-state index contributed by atoms with van der Waals surface area (Å²) in [6, 6.07) is 7.30. The van der Waals surface area contributed by atoms with E-state index in [1.807, 2.05) is 25.1 Å². The number of amides is 1. The number of allylic oxidation sites excluding steroid dienone is 2. The molecule has 2 atom stereocenters. The fraction of sp³-hybridized carbons (Fsp3) is 0.348. The van der Waals surface area contributed by atoms with Crippen LogP contribution in [0.2, 0.25) is 0 Å². The zero-order chi connectivity index (χ0) is 21.5. The van der Waals surface area contributed by atoms with Crippen LogP contribution >= 0.6 is 15.9 Å². The molecule has 30 heavy (non-hydrogen) atoms. The highest BCUT2D eigenvalue weighted by atomic mass is 79.9. The monoisotopic (exact) mass is 466 g/mol. The van der Waals surface area contributed by atoms with Gasteiger partial charge in [0.1, 0.15) is 5.82 Å². The van der Waals surface area contributed by atoms with Gasteiger partial charge in [-0.2, -0.15) is 0 Å². The first-order chi connectivity index (χ1) is 14.2. The molecule has 1 unspecified atom stereocenters. The molecule has 0 radical (unpaired) electrons. The van der Waals surface area contributed by atoms with Crippen LogP contribution in [0.3, 0.4) is 0 Å². The minimum atomic E-state index is -0.608. The molecule has 0 fully saturated rings. The number of rotatable bonds is 3. The number of ketones is 1. The van der Waals surface area contributed by atoms with Crippen molar-refractivity contribution >= 4 is 39.1 Å². The van der Waals surface area contributed by atoms with Gasteiger partial charge in [0, 0.05) is 52.4 Å². The van der Waals surface area contributed by atoms with Crippen molar-refractivity contribution in [3.8, 4) is 0 Å². The Morgan fingerprint density at radius 1 is 1.20 bits per heavy atom. The second kappa shape index (κ2) is 7.87. The number of nitrogens with one attached hydrogen (secondary N) is 1. The van der Waals surface area contributed by atoms with Crippen LogP contribution in [-0.2, 0) is 9.59 Å². The molecule has 3 heterocycles. The molecule has 0 spiro atoms. The lowest BCUT2D eigenvalue weighted by Gasteiger charge is -2.39. The van der Waals surface area contributed by atoms with E-state index in [2.05, 4.69) is 45.1 Å². The first-order valence-electron chi connectivity index (χ1n) is 9.89. The van der Waals surface area contributed by atoms with Crippen molar-refractivity contribution in [3.63, 3.8) is 0 Å². The van der Waals surface area contributed by atoms with E-state index in [9.17, 15) is 9.59 Å². The molecule has 4 rings (SSSR count). The summed E-state index contributed by atoms with van der Waals surface area (Å²) in [5, 5.41) is 2.89. The zero-order valence-electron chi connectivity index (χ0n) is 17.1. The molecule has 1 aliphatic carbocycles. The van der Waals surface area contributed by atoms with Crippen LogP contribution in [0, 0.1) is 11.3 Å². The van der Waals surface area contributed by atoms with E-state index < -0.39 is 11.8 Å². The maximum Gasteiger partial charge on any atom is 0.235 e. The summed E-state index contributed by atoms with van der Waals surface area (Å²) in [5.74, 6) is -0.736. The van der Waals surface area contributed by atoms with E-state index in [1.165, 1.54) is 0 Å². The lowest BCUT2D eigenvalue weighted by Crippen LogP contribution is -2.41. The lowest BCUT2D eigenvalue weighted by molar-refractivity contribution is -0.119. The van der Waals surface area contributed by atoms with Crippen molar-refractivity contribution in [1.82, 2.24) is 9.97 Å². The van der Waals surface area contributed by atoms with Crippen molar-refractivity contribution in [1.29, 1.82) is 0 Å². The minimum absolute atomic E-state index is 0.0610. The molecule has 0 aromatic carbocycles. The molecular weight excluding hydrogens is 444 g/mol. The maximum absolute atomic E-state index is 13.4. The van der Waals surface area contributed by atoms with Crippen LogP contribution in [0.4, 0.5) is 5.82 Å². The smallest absolute Gasteiger partial charge is 0.235 e. The number of nitrogens with zero attached hydrogens (tertiary/aromatic N) is 3. The number of aliphatic imine (C=N–C) groups is 1. The fourth-order valence-electron chi connectivity index (χ4n) is 4.36. The van der Waals surface area contributed by atoms with Gasteiger partial charge in [0.05, 0.1) is 5.92 Å². The quantitative estimate of drug-likeness (QED) is 0.710. The molecule has 154 valence electrons. The van der Waals surface area contributed by atoms with Gasteiger partial charge in [-0.1, -0.05) is 19.9 Å². The number of hydrogen-bond acceptors (Lipinski definition) is 5. The number of Topliss-reactive ketones (excluding diaryl/α,β-unsaturated/α-hetero) is 1. The minimum Gasteiger partial charge on any atom is -0.310 e. The van der Waals surface area contributed by atoms with Crippen molar-refractivity contribution in [3.05, 3.63) is 64.2 Å². The lowest BCUT2D eigenvalue weighted by atomic mass is 9.67. The third kappa shape index (κ3) is 3.99. The Bertz CT molecular complexity index is 1060. The summed E-state index contributed by atoms with van der Waals surface area (Å²) in [5.41, 5.74) is 2.85. The predicted molar refractivity (Wildman–Crippen MR) is 119 cm³/mol. The van der Waals surface area contributed by atoms with Gasteiger partial charge in [-0.3, -0.25) is 19.6 Å². The van der Waals surface area contributed by atoms with E-state index >= 15 is 0 Å². The van der Waals surface area contributed by atoms with Gasteiger partial charge in [0.25, 0.3) is 0 Å². The molecule has 0 saturated carbocycles. The van der Waals surface area contributed by atoms with Crippen molar-refractivity contribution in [2.75, 3.05) is 5.32 Å². The standard InChI is InChI=1S/C23H23BrN4O2/c1-13-19(22(30)28-18-7-6-15(24)12-26-18)20(14-5-4-8-25-11-14)21-16(27-13)9-23(2,3)10-17(21)29/h4-8,11-12,19-20H,9-10H2,1-3H3,(H,26,28,30)/t19?,20-/m1/s1. The van der Waals surface area contributed by atoms with E-state index in [4.69, 9.17) is 4.99 Å². The highest BCUT2D eigenvalue weighted by molar-refractivity contribution is 9.10. The van der Waals surface area contributed by atoms with Gasteiger partial charge in [-0.15, -0.1) is 0 Å². The number of carbonyl (C=O) groups is 2. The van der Waals surface area contributed by atoms with Gasteiger partial charge >= 0.3 is 0 Å². The van der Waals surface area contributed by atoms with Crippen LogP contribution < -0.4 is 5.32 Å². The number of hydrogen-bond donors (Lipinski definition) is 1. The molecule has 0 bridgehead atoms. The predicted octanol–water partition coefficient (Wildman–Crippen LogP) is 4.70. The summed E-state index contributed by atoms with van der Waals surface area (Å²) in [4.78, 5) is 39.8. The maximum atomic E-state index is 13.4. The van der Waals surface area contributed by atoms with Gasteiger partial charge < -0.3 is 5.32 Å². The molecular formula is C23H23BrN4O2. The van der Waals surface area contributed by atoms with Crippen LogP contribution in [0.5, 0.6) is 0 Å².